The molecule has 1 aromatic rings. The Morgan fingerprint density at radius 1 is 1.10 bits per heavy atom. The number of hydrogen-bond acceptors (Lipinski definition) is 0. The van der Waals surface area contributed by atoms with Crippen LogP contribution in [-0.4, -0.2) is 32.2 Å². The van der Waals surface area contributed by atoms with E-state index in [-0.39, 0.29) is 0 Å². The quantitative estimate of drug-likeness (QED) is 0.830. The molecule has 2 nitrogen and oxygen atoms in total. The number of halogens is 1. The zero-order chi connectivity index (χ0) is 14.7. The third-order valence-electron chi connectivity index (χ3n) is 5.51. The van der Waals surface area contributed by atoms with E-state index in [0.717, 1.165) is 23.5 Å². The molecule has 0 bridgehead atoms. The number of hydrogen-bond donors (Lipinski definition) is 2. The summed E-state index contributed by atoms with van der Waals surface area (Å²) in [5.41, 5.74) is 1.31. The van der Waals surface area contributed by atoms with Crippen molar-refractivity contribution >= 4 is 11.6 Å². The minimum Gasteiger partial charge on any atom is -0.323 e. The minimum absolute atomic E-state index is 0.931. The van der Waals surface area contributed by atoms with E-state index in [1.165, 1.54) is 57.4 Å². The summed E-state index contributed by atoms with van der Waals surface area (Å²) in [5.74, 6) is 0.949. The van der Waals surface area contributed by atoms with Crippen LogP contribution in [-0.2, 0) is 6.54 Å². The zero-order valence-corrected chi connectivity index (χ0v) is 14.0. The molecule has 2 atom stereocenters. The third kappa shape index (κ3) is 4.00. The molecule has 1 heterocycles. The molecule has 3 rings (SSSR count). The SMILES string of the molecule is C[C@@H]1CCC[C@@H]([NH+]2CC[NH+](Cc3ccccc3Cl)CC2)C1. The molecule has 1 aromatic carbocycles. The Morgan fingerprint density at radius 3 is 2.57 bits per heavy atom. The van der Waals surface area contributed by atoms with Gasteiger partial charge in [-0.2, -0.15) is 0 Å². The van der Waals surface area contributed by atoms with Gasteiger partial charge in [0.15, 0.2) is 0 Å². The van der Waals surface area contributed by atoms with Gasteiger partial charge < -0.3 is 9.80 Å². The van der Waals surface area contributed by atoms with E-state index in [4.69, 9.17) is 11.6 Å². The van der Waals surface area contributed by atoms with E-state index < -0.39 is 0 Å². The molecular formula is C18H29ClN2+2. The van der Waals surface area contributed by atoms with Gasteiger partial charge in [-0.25, -0.2) is 0 Å². The molecule has 0 unspecified atom stereocenters. The molecule has 116 valence electrons. The minimum atomic E-state index is 0.931. The van der Waals surface area contributed by atoms with Gasteiger partial charge in [0.25, 0.3) is 0 Å². The normalized spacial score (nSPS) is 33.8. The highest BCUT2D eigenvalue weighted by molar-refractivity contribution is 6.31. The van der Waals surface area contributed by atoms with Crippen LogP contribution in [0.25, 0.3) is 0 Å². The van der Waals surface area contributed by atoms with Gasteiger partial charge in [0.05, 0.1) is 6.04 Å². The van der Waals surface area contributed by atoms with E-state index in [9.17, 15) is 0 Å². The molecule has 0 aromatic heterocycles. The van der Waals surface area contributed by atoms with Crippen molar-refractivity contribution in [2.45, 2.75) is 45.2 Å². The van der Waals surface area contributed by atoms with Gasteiger partial charge in [-0.05, 0) is 24.8 Å². The molecule has 1 saturated carbocycles. The summed E-state index contributed by atoms with van der Waals surface area (Å²) in [6.07, 6.45) is 5.81. The van der Waals surface area contributed by atoms with Crippen LogP contribution >= 0.6 is 11.6 Å². The molecule has 2 aliphatic rings. The van der Waals surface area contributed by atoms with Gasteiger partial charge in [-0.1, -0.05) is 43.1 Å². The molecule has 1 aliphatic heterocycles. The van der Waals surface area contributed by atoms with Crippen molar-refractivity contribution in [1.82, 2.24) is 0 Å². The Morgan fingerprint density at radius 2 is 1.86 bits per heavy atom. The molecule has 1 aliphatic carbocycles. The largest absolute Gasteiger partial charge is 0.323 e. The van der Waals surface area contributed by atoms with Gasteiger partial charge in [0.2, 0.25) is 0 Å². The topological polar surface area (TPSA) is 8.88 Å². The van der Waals surface area contributed by atoms with E-state index in [1.807, 2.05) is 17.0 Å². The van der Waals surface area contributed by atoms with E-state index in [0.29, 0.717) is 0 Å². The number of quaternary nitrogens is 2. The first-order valence-electron chi connectivity index (χ1n) is 8.64. The van der Waals surface area contributed by atoms with Gasteiger partial charge in [-0.15, -0.1) is 0 Å². The first-order valence-corrected chi connectivity index (χ1v) is 9.01. The first-order chi connectivity index (χ1) is 10.2. The second-order valence-electron chi connectivity index (χ2n) is 7.15. The molecule has 21 heavy (non-hydrogen) atoms. The first kappa shape index (κ1) is 15.3. The average Bonchev–Trinajstić information content (AvgIpc) is 2.50. The predicted molar refractivity (Wildman–Crippen MR) is 88.0 cm³/mol. The van der Waals surface area contributed by atoms with Crippen LogP contribution in [0.1, 0.15) is 38.2 Å². The highest BCUT2D eigenvalue weighted by atomic mass is 35.5. The molecule has 0 spiro atoms. The van der Waals surface area contributed by atoms with Crippen LogP contribution in [0.15, 0.2) is 24.3 Å². The van der Waals surface area contributed by atoms with Crippen LogP contribution in [0.5, 0.6) is 0 Å². The highest BCUT2D eigenvalue weighted by Gasteiger charge is 2.32. The summed E-state index contributed by atoms with van der Waals surface area (Å²) in [6.45, 7) is 8.81. The Bertz CT molecular complexity index is 454. The zero-order valence-electron chi connectivity index (χ0n) is 13.2. The van der Waals surface area contributed by atoms with Crippen molar-refractivity contribution in [3.05, 3.63) is 34.9 Å². The lowest BCUT2D eigenvalue weighted by Gasteiger charge is -2.37. The smallest absolute Gasteiger partial charge is 0.127 e. The van der Waals surface area contributed by atoms with Crippen LogP contribution in [0.4, 0.5) is 0 Å². The van der Waals surface area contributed by atoms with Crippen LogP contribution in [0.3, 0.4) is 0 Å². The molecule has 0 amide bonds. The van der Waals surface area contributed by atoms with E-state index in [1.54, 1.807) is 4.90 Å². The summed E-state index contributed by atoms with van der Waals surface area (Å²) in [4.78, 5) is 3.58. The second-order valence-corrected chi connectivity index (χ2v) is 7.55. The van der Waals surface area contributed by atoms with Crippen molar-refractivity contribution < 1.29 is 9.80 Å². The van der Waals surface area contributed by atoms with Crippen molar-refractivity contribution in [3.8, 4) is 0 Å². The van der Waals surface area contributed by atoms with E-state index in [2.05, 4.69) is 19.1 Å². The van der Waals surface area contributed by atoms with E-state index >= 15 is 0 Å². The third-order valence-corrected chi connectivity index (χ3v) is 5.88. The summed E-state index contributed by atoms with van der Waals surface area (Å²) in [5, 5.41) is 0.931. The number of rotatable bonds is 3. The predicted octanol–water partition coefficient (Wildman–Crippen LogP) is 1.20. The fraction of sp³-hybridized carbons (Fsp3) is 0.667. The van der Waals surface area contributed by atoms with Crippen molar-refractivity contribution in [3.63, 3.8) is 0 Å². The Kier molecular flexibility index (Phi) is 5.20. The van der Waals surface area contributed by atoms with Gasteiger partial charge in [0, 0.05) is 17.0 Å². The van der Waals surface area contributed by atoms with Gasteiger partial charge in [0.1, 0.15) is 32.7 Å². The van der Waals surface area contributed by atoms with Crippen LogP contribution < -0.4 is 9.80 Å². The second kappa shape index (κ2) is 7.13. The maximum Gasteiger partial charge on any atom is 0.127 e. The molecule has 2 N–H and O–H groups in total. The summed E-state index contributed by atoms with van der Waals surface area (Å²) >= 11 is 6.29. The highest BCUT2D eigenvalue weighted by Crippen LogP contribution is 2.21. The Labute approximate surface area is 134 Å². The van der Waals surface area contributed by atoms with Crippen molar-refractivity contribution in [2.75, 3.05) is 26.2 Å². The lowest BCUT2D eigenvalue weighted by Crippen LogP contribution is -3.29. The number of piperazine rings is 1. The Hall–Kier alpha value is -0.570. The average molecular weight is 309 g/mol. The number of benzene rings is 1. The van der Waals surface area contributed by atoms with Gasteiger partial charge >= 0.3 is 0 Å². The molecule has 3 heteroatoms. The maximum absolute atomic E-state index is 6.29. The summed E-state index contributed by atoms with van der Waals surface area (Å²) in [6, 6.07) is 9.26. The maximum atomic E-state index is 6.29. The molecule has 0 radical (unpaired) electrons. The molecular weight excluding hydrogens is 280 g/mol. The monoisotopic (exact) mass is 308 g/mol. The molecule has 1 saturated heterocycles. The number of nitrogens with one attached hydrogen (secondary N) is 2. The van der Waals surface area contributed by atoms with Gasteiger partial charge in [-0.3, -0.25) is 0 Å². The van der Waals surface area contributed by atoms with Crippen LogP contribution in [0.2, 0.25) is 5.02 Å². The summed E-state index contributed by atoms with van der Waals surface area (Å²) in [7, 11) is 0. The summed E-state index contributed by atoms with van der Waals surface area (Å²) < 4.78 is 0. The molecule has 2 fully saturated rings. The van der Waals surface area contributed by atoms with Crippen molar-refractivity contribution in [2.24, 2.45) is 5.92 Å². The fourth-order valence-electron chi connectivity index (χ4n) is 4.23. The lowest BCUT2D eigenvalue weighted by atomic mass is 9.86. The lowest BCUT2D eigenvalue weighted by molar-refractivity contribution is -1.03. The van der Waals surface area contributed by atoms with Crippen molar-refractivity contribution in [1.29, 1.82) is 0 Å². The fourth-order valence-corrected chi connectivity index (χ4v) is 4.43. The standard InChI is InChI=1S/C18H27ClN2/c1-15-5-4-7-17(13-15)21-11-9-20(10-12-21)14-16-6-2-3-8-18(16)19/h2-3,6,8,15,17H,4-5,7,9-14H2,1H3/p+2/t15-,17-/m1/s1. The Balaban J connectivity index is 1.50. The van der Waals surface area contributed by atoms with Crippen LogP contribution in [0, 0.1) is 5.92 Å².